The summed E-state index contributed by atoms with van der Waals surface area (Å²) in [5.41, 5.74) is -1.30. The van der Waals surface area contributed by atoms with Gasteiger partial charge in [-0.1, -0.05) is 0 Å². The molecule has 1 aliphatic carbocycles. The van der Waals surface area contributed by atoms with Gasteiger partial charge in [0.05, 0.1) is 11.5 Å². The molecule has 1 fully saturated rings. The van der Waals surface area contributed by atoms with E-state index in [1.165, 1.54) is 0 Å². The molecule has 1 heterocycles. The number of hydrogen-bond acceptors (Lipinski definition) is 12. The SMILES string of the molecule is O=c1c(O)c(-c2cc(O)c(O)c(O)c2)oc2cc(OC3CC(CO)C(O)C(O)[C@H]3O)c(O)cc12. The summed E-state index contributed by atoms with van der Waals surface area (Å²) in [6, 6.07) is 3.93. The molecule has 4 unspecified atom stereocenters. The summed E-state index contributed by atoms with van der Waals surface area (Å²) >= 11 is 0. The van der Waals surface area contributed by atoms with Crippen molar-refractivity contribution in [2.75, 3.05) is 6.61 Å². The predicted molar refractivity (Wildman–Crippen MR) is 114 cm³/mol. The maximum atomic E-state index is 12.7. The number of hydrogen-bond donors (Lipinski definition) is 9. The van der Waals surface area contributed by atoms with E-state index in [1.54, 1.807) is 0 Å². The number of ether oxygens (including phenoxy) is 1. The molecule has 9 N–H and O–H groups in total. The lowest BCUT2D eigenvalue weighted by Gasteiger charge is -2.39. The van der Waals surface area contributed by atoms with Gasteiger partial charge in [-0.2, -0.15) is 0 Å². The van der Waals surface area contributed by atoms with Crippen molar-refractivity contribution in [2.24, 2.45) is 5.92 Å². The molecule has 4 rings (SSSR count). The number of benzene rings is 2. The molecule has 1 saturated carbocycles. The van der Waals surface area contributed by atoms with Crippen molar-refractivity contribution in [1.29, 1.82) is 0 Å². The van der Waals surface area contributed by atoms with Crippen LogP contribution in [0.1, 0.15) is 6.42 Å². The molecule has 12 nitrogen and oxygen atoms in total. The first-order valence-corrected chi connectivity index (χ1v) is 10.1. The minimum absolute atomic E-state index is 0.0653. The van der Waals surface area contributed by atoms with Gasteiger partial charge >= 0.3 is 0 Å². The molecular formula is C22H22O12. The first kappa shape index (κ1) is 23.4. The number of phenols is 4. The fourth-order valence-electron chi connectivity index (χ4n) is 3.97. The molecular weight excluding hydrogens is 456 g/mol. The van der Waals surface area contributed by atoms with Crippen LogP contribution in [0.25, 0.3) is 22.3 Å². The van der Waals surface area contributed by atoms with E-state index in [-0.39, 0.29) is 28.7 Å². The molecule has 3 aromatic rings. The van der Waals surface area contributed by atoms with E-state index in [0.717, 1.165) is 24.3 Å². The Morgan fingerprint density at radius 1 is 0.853 bits per heavy atom. The Balaban J connectivity index is 1.78. The summed E-state index contributed by atoms with van der Waals surface area (Å²) in [5.74, 6) is -5.27. The van der Waals surface area contributed by atoms with E-state index in [0.29, 0.717) is 0 Å². The summed E-state index contributed by atoms with van der Waals surface area (Å²) in [7, 11) is 0. The van der Waals surface area contributed by atoms with Gasteiger partial charge in [-0.3, -0.25) is 4.79 Å². The third-order valence-electron chi connectivity index (χ3n) is 5.89. The van der Waals surface area contributed by atoms with Crippen LogP contribution in [0.3, 0.4) is 0 Å². The number of aliphatic hydroxyl groups is 4. The van der Waals surface area contributed by atoms with E-state index in [1.807, 2.05) is 0 Å². The Morgan fingerprint density at radius 3 is 2.12 bits per heavy atom. The first-order chi connectivity index (χ1) is 16.0. The summed E-state index contributed by atoms with van der Waals surface area (Å²) in [5, 5.41) is 89.1. The third kappa shape index (κ3) is 3.82. The fraction of sp³-hybridized carbons (Fsp3) is 0.318. The van der Waals surface area contributed by atoms with Gasteiger partial charge in [0.1, 0.15) is 23.9 Å². The lowest BCUT2D eigenvalue weighted by atomic mass is 9.81. The second-order valence-corrected chi connectivity index (χ2v) is 8.09. The van der Waals surface area contributed by atoms with E-state index in [4.69, 9.17) is 9.15 Å². The molecule has 2 aromatic carbocycles. The highest BCUT2D eigenvalue weighted by Crippen LogP contribution is 2.42. The standard InChI is InChI=1S/C22H22O12/c23-6-8-3-15(19(30)20(31)16(8)27)33-14-5-13-9(4-10(14)24)17(28)21(32)22(34-13)7-1-11(25)18(29)12(26)2-7/h1-2,4-5,8,15-16,19-20,23-27,29-32H,3,6H2/t8?,15?,16?,19-,20?/m0/s1. The molecule has 0 saturated heterocycles. The van der Waals surface area contributed by atoms with Gasteiger partial charge in [0.2, 0.25) is 11.2 Å². The molecule has 5 atom stereocenters. The molecule has 1 aromatic heterocycles. The zero-order valence-corrected chi connectivity index (χ0v) is 17.4. The van der Waals surface area contributed by atoms with E-state index < -0.39 is 76.9 Å². The monoisotopic (exact) mass is 478 g/mol. The van der Waals surface area contributed by atoms with Gasteiger partial charge in [0.15, 0.2) is 34.5 Å². The van der Waals surface area contributed by atoms with E-state index >= 15 is 0 Å². The third-order valence-corrected chi connectivity index (χ3v) is 5.89. The number of aromatic hydroxyl groups is 5. The Hall–Kier alpha value is -3.71. The highest BCUT2D eigenvalue weighted by Gasteiger charge is 2.43. The van der Waals surface area contributed by atoms with Crippen LogP contribution in [0.15, 0.2) is 33.5 Å². The Morgan fingerprint density at radius 2 is 1.50 bits per heavy atom. The normalized spacial score (nSPS) is 24.9. The molecule has 34 heavy (non-hydrogen) atoms. The van der Waals surface area contributed by atoms with Crippen molar-refractivity contribution in [2.45, 2.75) is 30.8 Å². The van der Waals surface area contributed by atoms with Crippen molar-refractivity contribution >= 4 is 11.0 Å². The summed E-state index contributed by atoms with van der Waals surface area (Å²) < 4.78 is 11.2. The molecule has 0 aliphatic heterocycles. The summed E-state index contributed by atoms with van der Waals surface area (Å²) in [6.07, 6.45) is -5.77. The maximum absolute atomic E-state index is 12.7. The van der Waals surface area contributed by atoms with Crippen LogP contribution in [0.2, 0.25) is 0 Å². The second-order valence-electron chi connectivity index (χ2n) is 8.09. The van der Waals surface area contributed by atoms with E-state index in [2.05, 4.69) is 0 Å². The average Bonchev–Trinajstić information content (AvgIpc) is 2.80. The van der Waals surface area contributed by atoms with Crippen molar-refractivity contribution in [3.05, 3.63) is 34.5 Å². The Bertz CT molecular complexity index is 1270. The quantitative estimate of drug-likeness (QED) is 0.223. The van der Waals surface area contributed by atoms with Crippen molar-refractivity contribution < 1.29 is 55.1 Å². The Labute approximate surface area is 190 Å². The largest absolute Gasteiger partial charge is 0.504 e. The summed E-state index contributed by atoms with van der Waals surface area (Å²) in [6.45, 7) is -0.488. The van der Waals surface area contributed by atoms with Gasteiger partial charge < -0.3 is 55.1 Å². The summed E-state index contributed by atoms with van der Waals surface area (Å²) in [4.78, 5) is 12.7. The zero-order chi connectivity index (χ0) is 24.9. The van der Waals surface area contributed by atoms with Gasteiger partial charge in [-0.25, -0.2) is 0 Å². The maximum Gasteiger partial charge on any atom is 0.235 e. The Kier molecular flexibility index (Phi) is 5.91. The minimum atomic E-state index is -1.62. The van der Waals surface area contributed by atoms with Gasteiger partial charge in [-0.15, -0.1) is 0 Å². The number of fused-ring (bicyclic) bond motifs is 1. The number of phenolic OH excluding ortho intramolecular Hbond substituents is 4. The molecule has 0 spiro atoms. The van der Waals surface area contributed by atoms with E-state index in [9.17, 15) is 50.8 Å². The first-order valence-electron chi connectivity index (χ1n) is 10.1. The second kappa shape index (κ2) is 8.57. The van der Waals surface area contributed by atoms with Crippen LogP contribution in [0, 0.1) is 5.92 Å². The van der Waals surface area contributed by atoms with Crippen LogP contribution in [-0.4, -0.2) is 77.0 Å². The molecule has 0 bridgehead atoms. The lowest BCUT2D eigenvalue weighted by molar-refractivity contribution is -0.157. The molecule has 182 valence electrons. The van der Waals surface area contributed by atoms with Crippen LogP contribution in [0.5, 0.6) is 34.5 Å². The highest BCUT2D eigenvalue weighted by atomic mass is 16.5. The van der Waals surface area contributed by atoms with Crippen molar-refractivity contribution in [3.8, 4) is 45.8 Å². The highest BCUT2D eigenvalue weighted by molar-refractivity contribution is 5.85. The predicted octanol–water partition coefficient (Wildman–Crippen LogP) is -0.170. The average molecular weight is 478 g/mol. The molecule has 12 heteroatoms. The fourth-order valence-corrected chi connectivity index (χ4v) is 3.97. The topological polar surface area (TPSA) is 222 Å². The minimum Gasteiger partial charge on any atom is -0.504 e. The molecule has 1 aliphatic rings. The van der Waals surface area contributed by atoms with Gasteiger partial charge in [0, 0.05) is 24.2 Å². The van der Waals surface area contributed by atoms with Gasteiger partial charge in [-0.05, 0) is 24.6 Å². The van der Waals surface area contributed by atoms with Crippen LogP contribution in [0.4, 0.5) is 0 Å². The van der Waals surface area contributed by atoms with Crippen LogP contribution in [-0.2, 0) is 0 Å². The van der Waals surface area contributed by atoms with Crippen LogP contribution >= 0.6 is 0 Å². The lowest BCUT2D eigenvalue weighted by Crippen LogP contribution is -2.56. The number of aliphatic hydroxyl groups excluding tert-OH is 4. The zero-order valence-electron chi connectivity index (χ0n) is 17.4. The van der Waals surface area contributed by atoms with Crippen molar-refractivity contribution in [1.82, 2.24) is 0 Å². The molecule has 0 radical (unpaired) electrons. The van der Waals surface area contributed by atoms with Crippen LogP contribution < -0.4 is 10.2 Å². The number of rotatable bonds is 4. The van der Waals surface area contributed by atoms with Crippen molar-refractivity contribution in [3.63, 3.8) is 0 Å². The van der Waals surface area contributed by atoms with Gasteiger partial charge in [0.25, 0.3) is 0 Å². The molecule has 0 amide bonds. The smallest absolute Gasteiger partial charge is 0.235 e.